The maximum atomic E-state index is 13.6. The molecule has 0 unspecified atom stereocenters. The number of halogens is 2. The summed E-state index contributed by atoms with van der Waals surface area (Å²) >= 11 is 1.15. The highest BCUT2D eigenvalue weighted by atomic mass is 32.2. The predicted octanol–water partition coefficient (Wildman–Crippen LogP) is 3.23. The molecule has 0 atom stereocenters. The van der Waals surface area contributed by atoms with Gasteiger partial charge in [0.2, 0.25) is 11.8 Å². The van der Waals surface area contributed by atoms with Gasteiger partial charge >= 0.3 is 0 Å². The Morgan fingerprint density at radius 2 is 1.94 bits per heavy atom. The Hall–Kier alpha value is -2.75. The zero-order valence-corrected chi connectivity index (χ0v) is 18.1. The number of piperidine rings is 1. The number of hydrogen-bond acceptors (Lipinski definition) is 6. The number of anilines is 2. The number of rotatable bonds is 8. The van der Waals surface area contributed by atoms with Crippen LogP contribution >= 0.6 is 11.8 Å². The first-order valence-electron chi connectivity index (χ1n) is 10.2. The average Bonchev–Trinajstić information content (AvgIpc) is 2.79. The van der Waals surface area contributed by atoms with Gasteiger partial charge in [-0.3, -0.25) is 9.59 Å². The Bertz CT molecular complexity index is 905. The molecule has 10 heteroatoms. The molecule has 7 nitrogen and oxygen atoms in total. The predicted molar refractivity (Wildman–Crippen MR) is 116 cm³/mol. The van der Waals surface area contributed by atoms with Crippen LogP contribution in [0.3, 0.4) is 0 Å². The number of aromatic nitrogens is 2. The van der Waals surface area contributed by atoms with Gasteiger partial charge in [0, 0.05) is 31.6 Å². The Kier molecular flexibility index (Phi) is 8.16. The van der Waals surface area contributed by atoms with E-state index in [9.17, 15) is 18.4 Å². The number of nitrogens with zero attached hydrogens (tertiary/aromatic N) is 3. The Morgan fingerprint density at radius 3 is 2.61 bits per heavy atom. The zero-order chi connectivity index (χ0) is 22.2. The van der Waals surface area contributed by atoms with Crippen molar-refractivity contribution in [3.05, 3.63) is 42.0 Å². The number of nitrogens with one attached hydrogen (secondary N) is 2. The van der Waals surface area contributed by atoms with Gasteiger partial charge < -0.3 is 15.5 Å². The van der Waals surface area contributed by atoms with Crippen molar-refractivity contribution < 1.29 is 18.4 Å². The zero-order valence-electron chi connectivity index (χ0n) is 17.2. The van der Waals surface area contributed by atoms with E-state index in [4.69, 9.17) is 0 Å². The lowest BCUT2D eigenvalue weighted by atomic mass is 9.96. The van der Waals surface area contributed by atoms with Gasteiger partial charge in [0.15, 0.2) is 5.82 Å². The molecule has 2 heterocycles. The minimum atomic E-state index is -0.699. The van der Waals surface area contributed by atoms with Crippen LogP contribution in [-0.2, 0) is 9.59 Å². The minimum absolute atomic E-state index is 0.0117. The molecule has 1 aliphatic heterocycles. The standard InChI is InChI=1S/C21H25F2N5O2S/c1-2-9-24-21(30)14-7-10-28(11-8-14)18-5-6-20(27-26-18)31-13-19(29)25-17-12-15(22)3-4-16(17)23/h3-6,12,14H,2,7-11,13H2,1H3,(H,24,30)(H,25,29). The Labute approximate surface area is 184 Å². The van der Waals surface area contributed by atoms with Crippen molar-refractivity contribution in [2.45, 2.75) is 31.2 Å². The first-order chi connectivity index (χ1) is 15.0. The Morgan fingerprint density at radius 1 is 1.16 bits per heavy atom. The van der Waals surface area contributed by atoms with Crippen molar-refractivity contribution in [1.29, 1.82) is 0 Å². The molecule has 1 saturated heterocycles. The van der Waals surface area contributed by atoms with Gasteiger partial charge in [-0.1, -0.05) is 18.7 Å². The summed E-state index contributed by atoms with van der Waals surface area (Å²) < 4.78 is 26.8. The van der Waals surface area contributed by atoms with Crippen molar-refractivity contribution >= 4 is 35.1 Å². The van der Waals surface area contributed by atoms with E-state index < -0.39 is 17.5 Å². The van der Waals surface area contributed by atoms with Gasteiger partial charge in [-0.05, 0) is 43.5 Å². The lowest BCUT2D eigenvalue weighted by Gasteiger charge is -2.31. The second-order valence-electron chi connectivity index (χ2n) is 7.24. The third kappa shape index (κ3) is 6.61. The topological polar surface area (TPSA) is 87.2 Å². The smallest absolute Gasteiger partial charge is 0.234 e. The highest BCUT2D eigenvalue weighted by Crippen LogP contribution is 2.23. The highest BCUT2D eigenvalue weighted by molar-refractivity contribution is 7.99. The van der Waals surface area contributed by atoms with Crippen molar-refractivity contribution in [2.24, 2.45) is 5.92 Å². The molecule has 1 aromatic carbocycles. The maximum absolute atomic E-state index is 13.6. The van der Waals surface area contributed by atoms with Crippen LogP contribution in [0.1, 0.15) is 26.2 Å². The molecule has 2 aromatic rings. The Balaban J connectivity index is 1.45. The molecular weight excluding hydrogens is 424 g/mol. The first kappa shape index (κ1) is 22.9. The molecule has 31 heavy (non-hydrogen) atoms. The second kappa shape index (κ2) is 11.0. The van der Waals surface area contributed by atoms with E-state index in [-0.39, 0.29) is 23.3 Å². The molecule has 3 rings (SSSR count). The van der Waals surface area contributed by atoms with E-state index in [1.807, 2.05) is 13.0 Å². The van der Waals surface area contributed by atoms with Gasteiger partial charge in [-0.25, -0.2) is 8.78 Å². The molecule has 0 spiro atoms. The fourth-order valence-electron chi connectivity index (χ4n) is 3.24. The molecule has 2 N–H and O–H groups in total. The van der Waals surface area contributed by atoms with Gasteiger partial charge in [-0.15, -0.1) is 10.2 Å². The summed E-state index contributed by atoms with van der Waals surface area (Å²) in [6.07, 6.45) is 2.46. The average molecular weight is 450 g/mol. The second-order valence-corrected chi connectivity index (χ2v) is 8.24. The van der Waals surface area contributed by atoms with Crippen molar-refractivity contribution in [2.75, 3.05) is 35.6 Å². The number of carbonyl (C=O) groups is 2. The van der Waals surface area contributed by atoms with Crippen molar-refractivity contribution in [1.82, 2.24) is 15.5 Å². The van der Waals surface area contributed by atoms with Crippen molar-refractivity contribution in [3.63, 3.8) is 0 Å². The fourth-order valence-corrected chi connectivity index (χ4v) is 3.85. The van der Waals surface area contributed by atoms with Gasteiger partial charge in [0.25, 0.3) is 0 Å². The first-order valence-corrected chi connectivity index (χ1v) is 11.2. The summed E-state index contributed by atoms with van der Waals surface area (Å²) in [4.78, 5) is 26.2. The molecule has 1 aromatic heterocycles. The summed E-state index contributed by atoms with van der Waals surface area (Å²) in [5, 5.41) is 14.2. The minimum Gasteiger partial charge on any atom is -0.356 e. The summed E-state index contributed by atoms with van der Waals surface area (Å²) in [6, 6.07) is 6.48. The van der Waals surface area contributed by atoms with Gasteiger partial charge in [-0.2, -0.15) is 0 Å². The van der Waals surface area contributed by atoms with Crippen LogP contribution in [0.4, 0.5) is 20.3 Å². The van der Waals surface area contributed by atoms with E-state index in [0.29, 0.717) is 11.6 Å². The van der Waals surface area contributed by atoms with E-state index in [0.717, 1.165) is 68.1 Å². The van der Waals surface area contributed by atoms with Gasteiger partial charge in [0.05, 0.1) is 11.4 Å². The normalized spacial score (nSPS) is 14.4. The molecule has 0 radical (unpaired) electrons. The largest absolute Gasteiger partial charge is 0.356 e. The summed E-state index contributed by atoms with van der Waals surface area (Å²) in [6.45, 7) is 4.19. The lowest BCUT2D eigenvalue weighted by molar-refractivity contribution is -0.125. The third-order valence-electron chi connectivity index (χ3n) is 4.92. The van der Waals surface area contributed by atoms with Crippen LogP contribution in [0.5, 0.6) is 0 Å². The summed E-state index contributed by atoms with van der Waals surface area (Å²) in [5.41, 5.74) is -0.196. The van der Waals surface area contributed by atoms with Crippen LogP contribution in [0.25, 0.3) is 0 Å². The molecular formula is C21H25F2N5O2S. The van der Waals surface area contributed by atoms with Gasteiger partial charge in [0.1, 0.15) is 16.7 Å². The molecule has 0 aliphatic carbocycles. The highest BCUT2D eigenvalue weighted by Gasteiger charge is 2.25. The van der Waals surface area contributed by atoms with Crippen LogP contribution in [0.2, 0.25) is 0 Å². The van der Waals surface area contributed by atoms with Crippen molar-refractivity contribution in [3.8, 4) is 0 Å². The van der Waals surface area contributed by atoms with Crippen LogP contribution < -0.4 is 15.5 Å². The number of amides is 2. The summed E-state index contributed by atoms with van der Waals surface area (Å²) in [5.74, 6) is -0.927. The van der Waals surface area contributed by atoms with Crippen LogP contribution in [-0.4, -0.2) is 47.4 Å². The number of thioether (sulfide) groups is 1. The van der Waals surface area contributed by atoms with E-state index in [2.05, 4.69) is 25.7 Å². The summed E-state index contributed by atoms with van der Waals surface area (Å²) in [7, 11) is 0. The van der Waals surface area contributed by atoms with E-state index in [1.54, 1.807) is 6.07 Å². The molecule has 0 saturated carbocycles. The fraction of sp³-hybridized carbons (Fsp3) is 0.429. The molecule has 0 bridgehead atoms. The number of hydrogen-bond donors (Lipinski definition) is 2. The van der Waals surface area contributed by atoms with E-state index >= 15 is 0 Å². The number of benzene rings is 1. The lowest BCUT2D eigenvalue weighted by Crippen LogP contribution is -2.41. The maximum Gasteiger partial charge on any atom is 0.234 e. The molecule has 2 amide bonds. The molecule has 1 aliphatic rings. The molecule has 1 fully saturated rings. The molecule has 166 valence electrons. The number of carbonyl (C=O) groups excluding carboxylic acids is 2. The third-order valence-corrected chi connectivity index (χ3v) is 5.84. The monoisotopic (exact) mass is 449 g/mol. The quantitative estimate of drug-likeness (QED) is 0.602. The SMILES string of the molecule is CCCNC(=O)C1CCN(c2ccc(SCC(=O)Nc3cc(F)ccc3F)nn2)CC1. The van der Waals surface area contributed by atoms with Crippen LogP contribution in [0, 0.1) is 17.6 Å². The van der Waals surface area contributed by atoms with E-state index in [1.165, 1.54) is 0 Å². The van der Waals surface area contributed by atoms with Crippen LogP contribution in [0.15, 0.2) is 35.4 Å².